The van der Waals surface area contributed by atoms with E-state index in [1.807, 2.05) is 0 Å². The highest BCUT2D eigenvalue weighted by Crippen LogP contribution is 2.36. The summed E-state index contributed by atoms with van der Waals surface area (Å²) in [6, 6.07) is 0.644. The summed E-state index contributed by atoms with van der Waals surface area (Å²) in [6.45, 7) is 6.84. The number of aromatic nitrogens is 1. The Labute approximate surface area is 169 Å². The topological polar surface area (TPSA) is 138 Å². The fourth-order valence-electron chi connectivity index (χ4n) is 3.12. The zero-order valence-corrected chi connectivity index (χ0v) is 17.7. The van der Waals surface area contributed by atoms with E-state index in [0.717, 1.165) is 12.5 Å². The Morgan fingerprint density at radius 3 is 2.59 bits per heavy atom. The molecule has 10 nitrogen and oxygen atoms in total. The number of nitrogens with one attached hydrogen (secondary N) is 1. The molecule has 0 unspecified atom stereocenters. The molecule has 1 aliphatic carbocycles. The minimum atomic E-state index is -3.80. The molecular formula is C18H25N3O7S. The van der Waals surface area contributed by atoms with Gasteiger partial charge in [-0.2, -0.15) is 8.42 Å². The molecule has 2 rings (SSSR count). The second-order valence-electron chi connectivity index (χ2n) is 7.96. The van der Waals surface area contributed by atoms with E-state index < -0.39 is 38.9 Å². The van der Waals surface area contributed by atoms with Crippen molar-refractivity contribution in [1.29, 1.82) is 0 Å². The van der Waals surface area contributed by atoms with Gasteiger partial charge >= 0.3 is 6.09 Å². The van der Waals surface area contributed by atoms with Crippen molar-refractivity contribution in [2.45, 2.75) is 51.9 Å². The van der Waals surface area contributed by atoms with Crippen molar-refractivity contribution < 1.29 is 27.1 Å². The largest absolute Gasteiger partial charge is 0.444 e. The number of nitro groups is 1. The molecule has 0 saturated carbocycles. The molecule has 0 aromatic carbocycles. The maximum atomic E-state index is 12.3. The van der Waals surface area contributed by atoms with Crippen molar-refractivity contribution in [2.75, 3.05) is 6.26 Å². The second-order valence-corrected chi connectivity index (χ2v) is 9.56. The van der Waals surface area contributed by atoms with Crippen molar-refractivity contribution in [3.63, 3.8) is 0 Å². The summed E-state index contributed by atoms with van der Waals surface area (Å²) >= 11 is 0. The molecule has 1 aromatic rings. The third-order valence-corrected chi connectivity index (χ3v) is 4.72. The highest BCUT2D eigenvalue weighted by Gasteiger charge is 2.37. The molecule has 29 heavy (non-hydrogen) atoms. The number of alkyl carbamates (subject to hydrolysis) is 1. The van der Waals surface area contributed by atoms with Gasteiger partial charge in [0, 0.05) is 6.20 Å². The number of allylic oxidation sites excluding steroid dienone is 1. The van der Waals surface area contributed by atoms with Crippen LogP contribution in [0.4, 0.5) is 10.5 Å². The van der Waals surface area contributed by atoms with E-state index in [9.17, 15) is 23.3 Å². The summed E-state index contributed by atoms with van der Waals surface area (Å²) < 4.78 is 33.9. The van der Waals surface area contributed by atoms with E-state index >= 15 is 0 Å². The molecule has 1 aliphatic rings. The van der Waals surface area contributed by atoms with E-state index in [4.69, 9.17) is 8.92 Å². The average Bonchev–Trinajstić information content (AvgIpc) is 2.55. The van der Waals surface area contributed by atoms with Crippen LogP contribution in [0, 0.1) is 16.0 Å². The Kier molecular flexibility index (Phi) is 6.63. The number of nitrogens with zero attached hydrogens (tertiary/aromatic N) is 2. The molecule has 3 atom stereocenters. The first-order chi connectivity index (χ1) is 13.3. The molecule has 1 amide bonds. The molecule has 160 valence electrons. The number of rotatable bonds is 5. The van der Waals surface area contributed by atoms with Crippen molar-refractivity contribution in [3.05, 3.63) is 40.2 Å². The lowest BCUT2D eigenvalue weighted by molar-refractivity contribution is -0.385. The maximum Gasteiger partial charge on any atom is 0.408 e. The molecule has 1 heterocycles. The molecule has 1 N–H and O–H groups in total. The number of ether oxygens (including phenoxy) is 1. The maximum absolute atomic E-state index is 12.3. The van der Waals surface area contributed by atoms with Crippen LogP contribution >= 0.6 is 0 Å². The minimum Gasteiger partial charge on any atom is -0.444 e. The van der Waals surface area contributed by atoms with Crippen LogP contribution in [0.3, 0.4) is 0 Å². The summed E-state index contributed by atoms with van der Waals surface area (Å²) in [4.78, 5) is 26.9. The highest BCUT2D eigenvalue weighted by atomic mass is 32.2. The minimum absolute atomic E-state index is 0.176. The van der Waals surface area contributed by atoms with E-state index in [1.54, 1.807) is 33.8 Å². The number of carbonyl (C=O) groups excluding carboxylic acids is 1. The van der Waals surface area contributed by atoms with Crippen LogP contribution in [0.25, 0.3) is 5.57 Å². The molecular weight excluding hydrogens is 402 g/mol. The standard InChI is InChI=1S/C18H25N3O7S/c1-11-8-12(13-6-7-19-10-15(13)21(23)24)9-14(16(11)28-29(5,25)26)20-17(22)27-18(2,3)4/h6-7,9-11,14,16H,8H2,1-5H3,(H,20,22)/t11-,14+,16-/m1/s1. The lowest BCUT2D eigenvalue weighted by Crippen LogP contribution is -2.50. The van der Waals surface area contributed by atoms with E-state index in [0.29, 0.717) is 17.6 Å². The van der Waals surface area contributed by atoms with Gasteiger partial charge in [0.25, 0.3) is 15.8 Å². The van der Waals surface area contributed by atoms with Gasteiger partial charge in [-0.25, -0.2) is 4.79 Å². The molecule has 1 aromatic heterocycles. The fourth-order valence-corrected chi connectivity index (χ4v) is 3.84. The van der Waals surface area contributed by atoms with Gasteiger partial charge in [-0.3, -0.25) is 19.3 Å². The lowest BCUT2D eigenvalue weighted by Gasteiger charge is -2.35. The van der Waals surface area contributed by atoms with Gasteiger partial charge in [0.05, 0.1) is 22.8 Å². The molecule has 0 aliphatic heterocycles. The molecule has 0 fully saturated rings. The van der Waals surface area contributed by atoms with Gasteiger partial charge in [-0.15, -0.1) is 0 Å². The van der Waals surface area contributed by atoms with Crippen LogP contribution in [-0.4, -0.2) is 48.4 Å². The first-order valence-electron chi connectivity index (χ1n) is 8.94. The van der Waals surface area contributed by atoms with Gasteiger partial charge in [-0.05, 0) is 44.7 Å². The van der Waals surface area contributed by atoms with Crippen LogP contribution in [0.1, 0.15) is 39.7 Å². The zero-order chi connectivity index (χ0) is 22.0. The van der Waals surface area contributed by atoms with Gasteiger partial charge in [0.2, 0.25) is 0 Å². The quantitative estimate of drug-likeness (QED) is 0.430. The van der Waals surface area contributed by atoms with E-state index in [-0.39, 0.29) is 11.6 Å². The summed E-state index contributed by atoms with van der Waals surface area (Å²) in [5.74, 6) is -0.363. The predicted molar refractivity (Wildman–Crippen MR) is 106 cm³/mol. The normalized spacial score (nSPS) is 22.5. The Hall–Kier alpha value is -2.53. The Morgan fingerprint density at radius 2 is 2.03 bits per heavy atom. The van der Waals surface area contributed by atoms with E-state index in [2.05, 4.69) is 10.3 Å². The molecule has 0 radical (unpaired) electrons. The molecule has 0 spiro atoms. The first-order valence-corrected chi connectivity index (χ1v) is 10.8. The van der Waals surface area contributed by atoms with Gasteiger partial charge in [0.15, 0.2) is 0 Å². The second kappa shape index (κ2) is 8.46. The first kappa shape index (κ1) is 22.8. The summed E-state index contributed by atoms with van der Waals surface area (Å²) in [6.07, 6.45) is 3.76. The summed E-state index contributed by atoms with van der Waals surface area (Å²) in [5.41, 5.74) is 0.00431. The SMILES string of the molecule is C[C@@H]1CC(c2ccncc2[N+](=O)[O-])=C[C@H](NC(=O)OC(C)(C)C)[C@@H]1OS(C)(=O)=O. The number of carbonyl (C=O) groups is 1. The Morgan fingerprint density at radius 1 is 1.38 bits per heavy atom. The highest BCUT2D eigenvalue weighted by molar-refractivity contribution is 7.86. The van der Waals surface area contributed by atoms with Gasteiger partial charge in [0.1, 0.15) is 17.9 Å². The third-order valence-electron chi connectivity index (χ3n) is 4.15. The van der Waals surface area contributed by atoms with Crippen LogP contribution in [0.5, 0.6) is 0 Å². The van der Waals surface area contributed by atoms with Crippen LogP contribution in [0.15, 0.2) is 24.5 Å². The van der Waals surface area contributed by atoms with Crippen molar-refractivity contribution in [1.82, 2.24) is 10.3 Å². The van der Waals surface area contributed by atoms with Gasteiger partial charge < -0.3 is 10.1 Å². The van der Waals surface area contributed by atoms with Crippen molar-refractivity contribution >= 4 is 27.5 Å². The Balaban J connectivity index is 2.44. The number of hydrogen-bond donors (Lipinski definition) is 1. The van der Waals surface area contributed by atoms with Gasteiger partial charge in [-0.1, -0.05) is 13.0 Å². The van der Waals surface area contributed by atoms with Crippen molar-refractivity contribution in [3.8, 4) is 0 Å². The predicted octanol–water partition coefficient (Wildman–Crippen LogP) is 2.65. The summed E-state index contributed by atoms with van der Waals surface area (Å²) in [5, 5.41) is 14.0. The summed E-state index contributed by atoms with van der Waals surface area (Å²) in [7, 11) is -3.80. The zero-order valence-electron chi connectivity index (χ0n) is 16.9. The molecule has 0 saturated heterocycles. The smallest absolute Gasteiger partial charge is 0.408 e. The van der Waals surface area contributed by atoms with Crippen LogP contribution < -0.4 is 5.32 Å². The molecule has 11 heteroatoms. The third kappa shape index (κ3) is 6.50. The Bertz CT molecular complexity index is 922. The van der Waals surface area contributed by atoms with Crippen LogP contribution in [0.2, 0.25) is 0 Å². The van der Waals surface area contributed by atoms with E-state index in [1.165, 1.54) is 12.3 Å². The van der Waals surface area contributed by atoms with Crippen molar-refractivity contribution in [2.24, 2.45) is 5.92 Å². The monoisotopic (exact) mass is 427 g/mol. The number of hydrogen-bond acceptors (Lipinski definition) is 8. The average molecular weight is 427 g/mol. The lowest BCUT2D eigenvalue weighted by atomic mass is 9.82. The number of amides is 1. The fraction of sp³-hybridized carbons (Fsp3) is 0.556. The van der Waals surface area contributed by atoms with Crippen LogP contribution in [-0.2, 0) is 19.0 Å². The molecule has 0 bridgehead atoms. The number of pyridine rings is 1.